The first kappa shape index (κ1) is 24.6. The van der Waals surface area contributed by atoms with Gasteiger partial charge in [0.2, 0.25) is 11.8 Å². The molecule has 0 spiro atoms. The van der Waals surface area contributed by atoms with Gasteiger partial charge in [-0.2, -0.15) is 13.2 Å². The Kier molecular flexibility index (Phi) is 7.63. The van der Waals surface area contributed by atoms with Crippen molar-refractivity contribution >= 4 is 23.2 Å². The number of likely N-dealkylation sites (N-methyl/N-ethyl adjacent to an activating group) is 1. The highest BCUT2D eigenvalue weighted by Gasteiger charge is 2.34. The molecule has 0 aliphatic carbocycles. The SMILES string of the molecule is Cc1cccc(N2CCN([C@@H](C)C(=O)N(C)CC(=O)Nc3ccccc3C(F)(F)F)CC2)c1. The molecule has 178 valence electrons. The number of halogens is 3. The van der Waals surface area contributed by atoms with E-state index in [-0.39, 0.29) is 18.1 Å². The number of amides is 2. The summed E-state index contributed by atoms with van der Waals surface area (Å²) in [6, 6.07) is 12.6. The van der Waals surface area contributed by atoms with Gasteiger partial charge < -0.3 is 15.1 Å². The lowest BCUT2D eigenvalue weighted by molar-refractivity contribution is -0.138. The van der Waals surface area contributed by atoms with Crippen LogP contribution in [0.3, 0.4) is 0 Å². The number of hydrogen-bond acceptors (Lipinski definition) is 4. The number of alkyl halides is 3. The van der Waals surface area contributed by atoms with E-state index in [1.807, 2.05) is 19.1 Å². The molecule has 9 heteroatoms. The quantitative estimate of drug-likeness (QED) is 0.713. The van der Waals surface area contributed by atoms with Gasteiger partial charge in [-0.15, -0.1) is 0 Å². The lowest BCUT2D eigenvalue weighted by atomic mass is 10.1. The van der Waals surface area contributed by atoms with Crippen LogP contribution in [0, 0.1) is 6.92 Å². The summed E-state index contributed by atoms with van der Waals surface area (Å²) in [5.41, 5.74) is 1.10. The third-order valence-corrected chi connectivity index (χ3v) is 5.85. The number of benzene rings is 2. The first-order valence-electron chi connectivity index (χ1n) is 10.8. The van der Waals surface area contributed by atoms with Gasteiger partial charge in [0.15, 0.2) is 0 Å². The Labute approximate surface area is 192 Å². The van der Waals surface area contributed by atoms with Crippen LogP contribution in [0.25, 0.3) is 0 Å². The van der Waals surface area contributed by atoms with Gasteiger partial charge in [0.25, 0.3) is 0 Å². The average Bonchev–Trinajstić information content (AvgIpc) is 2.77. The Hall–Kier alpha value is -3.07. The first-order valence-corrected chi connectivity index (χ1v) is 10.8. The lowest BCUT2D eigenvalue weighted by Crippen LogP contribution is -2.54. The van der Waals surface area contributed by atoms with Gasteiger partial charge in [0.1, 0.15) is 0 Å². The molecule has 3 rings (SSSR count). The van der Waals surface area contributed by atoms with E-state index in [4.69, 9.17) is 0 Å². The predicted molar refractivity (Wildman–Crippen MR) is 122 cm³/mol. The molecule has 2 aromatic rings. The number of piperazine rings is 1. The summed E-state index contributed by atoms with van der Waals surface area (Å²) in [6.45, 7) is 6.45. The van der Waals surface area contributed by atoms with Crippen LogP contribution in [-0.2, 0) is 15.8 Å². The van der Waals surface area contributed by atoms with Crippen molar-refractivity contribution in [3.8, 4) is 0 Å². The van der Waals surface area contributed by atoms with E-state index in [0.717, 1.165) is 24.8 Å². The van der Waals surface area contributed by atoms with Crippen molar-refractivity contribution in [1.82, 2.24) is 9.80 Å². The molecule has 0 aromatic heterocycles. The predicted octanol–water partition coefficient (Wildman–Crippen LogP) is 3.62. The number of aryl methyl sites for hydroxylation is 1. The Morgan fingerprint density at radius 3 is 2.36 bits per heavy atom. The number of nitrogens with one attached hydrogen (secondary N) is 1. The van der Waals surface area contributed by atoms with Crippen LogP contribution >= 0.6 is 0 Å². The van der Waals surface area contributed by atoms with Crippen molar-refractivity contribution in [2.24, 2.45) is 0 Å². The topological polar surface area (TPSA) is 55.9 Å². The molecule has 0 radical (unpaired) electrons. The Balaban J connectivity index is 1.53. The van der Waals surface area contributed by atoms with Crippen molar-refractivity contribution in [3.63, 3.8) is 0 Å². The van der Waals surface area contributed by atoms with Gasteiger partial charge in [-0.05, 0) is 43.7 Å². The number of hydrogen-bond donors (Lipinski definition) is 1. The minimum absolute atomic E-state index is 0.252. The highest BCUT2D eigenvalue weighted by Crippen LogP contribution is 2.34. The summed E-state index contributed by atoms with van der Waals surface area (Å²) in [7, 11) is 1.48. The summed E-state index contributed by atoms with van der Waals surface area (Å²) in [4.78, 5) is 30.8. The molecule has 1 fully saturated rings. The molecule has 33 heavy (non-hydrogen) atoms. The number of carbonyl (C=O) groups is 2. The van der Waals surface area contributed by atoms with Crippen molar-refractivity contribution in [3.05, 3.63) is 59.7 Å². The molecular weight excluding hydrogens is 433 g/mol. The van der Waals surface area contributed by atoms with E-state index >= 15 is 0 Å². The molecule has 1 aliphatic rings. The minimum Gasteiger partial charge on any atom is -0.369 e. The summed E-state index contributed by atoms with van der Waals surface area (Å²) in [6.07, 6.45) is -4.58. The second-order valence-corrected chi connectivity index (χ2v) is 8.32. The van der Waals surface area contributed by atoms with Gasteiger partial charge >= 0.3 is 6.18 Å². The van der Waals surface area contributed by atoms with Crippen LogP contribution in [0.4, 0.5) is 24.5 Å². The van der Waals surface area contributed by atoms with E-state index in [1.165, 1.54) is 35.7 Å². The zero-order chi connectivity index (χ0) is 24.2. The van der Waals surface area contributed by atoms with E-state index in [1.54, 1.807) is 6.92 Å². The number of carbonyl (C=O) groups excluding carboxylic acids is 2. The molecular formula is C24H29F3N4O2. The van der Waals surface area contributed by atoms with Crippen molar-refractivity contribution in [2.45, 2.75) is 26.1 Å². The van der Waals surface area contributed by atoms with Gasteiger partial charge in [-0.1, -0.05) is 24.3 Å². The van der Waals surface area contributed by atoms with Crippen LogP contribution < -0.4 is 10.2 Å². The summed E-state index contributed by atoms with van der Waals surface area (Å²) in [5, 5.41) is 2.28. The normalized spacial score (nSPS) is 15.8. The first-order chi connectivity index (χ1) is 15.6. The molecule has 0 bridgehead atoms. The molecule has 1 heterocycles. The van der Waals surface area contributed by atoms with Crippen LogP contribution in [0.15, 0.2) is 48.5 Å². The number of nitrogens with zero attached hydrogens (tertiary/aromatic N) is 3. The zero-order valence-electron chi connectivity index (χ0n) is 19.0. The average molecular weight is 463 g/mol. The molecule has 0 saturated carbocycles. The van der Waals surface area contributed by atoms with Crippen molar-refractivity contribution < 1.29 is 22.8 Å². The lowest BCUT2D eigenvalue weighted by Gasteiger charge is -2.39. The van der Waals surface area contributed by atoms with E-state index in [9.17, 15) is 22.8 Å². The van der Waals surface area contributed by atoms with Crippen LogP contribution in [-0.4, -0.2) is 67.4 Å². The number of para-hydroxylation sites is 1. The van der Waals surface area contributed by atoms with Crippen LogP contribution in [0.2, 0.25) is 0 Å². The Morgan fingerprint density at radius 2 is 1.73 bits per heavy atom. The maximum Gasteiger partial charge on any atom is 0.418 e. The van der Waals surface area contributed by atoms with Gasteiger partial charge in [0, 0.05) is 38.9 Å². The van der Waals surface area contributed by atoms with E-state index in [2.05, 4.69) is 27.2 Å². The fourth-order valence-corrected chi connectivity index (χ4v) is 3.99. The summed E-state index contributed by atoms with van der Waals surface area (Å²) < 4.78 is 39.4. The highest BCUT2D eigenvalue weighted by atomic mass is 19.4. The van der Waals surface area contributed by atoms with Crippen molar-refractivity contribution in [1.29, 1.82) is 0 Å². The number of rotatable bonds is 6. The Morgan fingerprint density at radius 1 is 1.06 bits per heavy atom. The van der Waals surface area contributed by atoms with Gasteiger partial charge in [0.05, 0.1) is 23.8 Å². The second kappa shape index (κ2) is 10.2. The maximum atomic E-state index is 13.1. The van der Waals surface area contributed by atoms with Gasteiger partial charge in [-0.25, -0.2) is 0 Å². The van der Waals surface area contributed by atoms with Gasteiger partial charge in [-0.3, -0.25) is 14.5 Å². The monoisotopic (exact) mass is 462 g/mol. The molecule has 1 aliphatic heterocycles. The largest absolute Gasteiger partial charge is 0.418 e. The van der Waals surface area contributed by atoms with E-state index in [0.29, 0.717) is 13.1 Å². The smallest absolute Gasteiger partial charge is 0.369 e. The third-order valence-electron chi connectivity index (χ3n) is 5.85. The molecule has 2 aromatic carbocycles. The molecule has 1 atom stereocenters. The zero-order valence-corrected chi connectivity index (χ0v) is 19.0. The minimum atomic E-state index is -4.58. The third kappa shape index (κ3) is 6.25. The standard InChI is InChI=1S/C24H29F3N4O2/c1-17-7-6-8-19(15-17)31-13-11-30(12-14-31)18(2)23(33)29(3)16-22(32)28-21-10-5-4-9-20(21)24(25,26)27/h4-10,15,18H,11-14,16H2,1-3H3,(H,28,32)/t18-/m0/s1. The highest BCUT2D eigenvalue weighted by molar-refractivity contribution is 5.95. The Bertz CT molecular complexity index is 988. The fraction of sp³-hybridized carbons (Fsp3) is 0.417. The molecule has 0 unspecified atom stereocenters. The second-order valence-electron chi connectivity index (χ2n) is 8.32. The molecule has 2 amide bonds. The van der Waals surface area contributed by atoms with Crippen LogP contribution in [0.5, 0.6) is 0 Å². The summed E-state index contributed by atoms with van der Waals surface area (Å²) >= 11 is 0. The fourth-order valence-electron chi connectivity index (χ4n) is 3.99. The van der Waals surface area contributed by atoms with Crippen LogP contribution in [0.1, 0.15) is 18.1 Å². The number of anilines is 2. The summed E-state index contributed by atoms with van der Waals surface area (Å²) in [5.74, 6) is -0.933. The molecule has 1 N–H and O–H groups in total. The van der Waals surface area contributed by atoms with Crippen molar-refractivity contribution in [2.75, 3.05) is 50.0 Å². The molecule has 1 saturated heterocycles. The maximum absolute atomic E-state index is 13.1. The van der Waals surface area contributed by atoms with E-state index < -0.39 is 23.7 Å². The molecule has 6 nitrogen and oxygen atoms in total.